The number of rotatable bonds is 3. The molecule has 0 aliphatic rings. The van der Waals surface area contributed by atoms with Gasteiger partial charge < -0.3 is 0 Å². The number of alkyl halides is 4. The van der Waals surface area contributed by atoms with Crippen LogP contribution in [-0.4, -0.2) is 0 Å². The van der Waals surface area contributed by atoms with Gasteiger partial charge in [-0.15, -0.1) is 0 Å². The first-order valence-corrected chi connectivity index (χ1v) is 7.63. The number of hydrogen-bond donors (Lipinski definition) is 0. The molecular formula is C16H13BrClF3. The summed E-state index contributed by atoms with van der Waals surface area (Å²) < 4.78 is 37.5. The summed E-state index contributed by atoms with van der Waals surface area (Å²) in [5.41, 5.74) is 2.21. The minimum atomic E-state index is -4.29. The average Bonchev–Trinajstić information content (AvgIpc) is 2.41. The summed E-state index contributed by atoms with van der Waals surface area (Å²) in [7, 11) is 0. The van der Waals surface area contributed by atoms with Gasteiger partial charge in [-0.3, -0.25) is 0 Å². The second-order valence-corrected chi connectivity index (χ2v) is 6.39. The summed E-state index contributed by atoms with van der Waals surface area (Å²) in [6.07, 6.45) is -3.70. The minimum absolute atomic E-state index is 0.00679. The lowest BCUT2D eigenvalue weighted by Gasteiger charge is -2.13. The van der Waals surface area contributed by atoms with Crippen molar-refractivity contribution in [1.82, 2.24) is 0 Å². The lowest BCUT2D eigenvalue weighted by atomic mass is 10.0. The number of hydrogen-bond acceptors (Lipinski definition) is 0. The fourth-order valence-electron chi connectivity index (χ4n) is 1.96. The molecule has 0 radical (unpaired) electrons. The summed E-state index contributed by atoms with van der Waals surface area (Å²) in [4.78, 5) is 0.00679. The second kappa shape index (κ2) is 6.41. The zero-order valence-electron chi connectivity index (χ0n) is 11.2. The summed E-state index contributed by atoms with van der Waals surface area (Å²) in [5, 5.41) is 0.685. The third-order valence-corrected chi connectivity index (χ3v) is 4.51. The number of halogens is 5. The minimum Gasteiger partial charge on any atom is -0.166 e. The Morgan fingerprint density at radius 1 is 1.10 bits per heavy atom. The van der Waals surface area contributed by atoms with Crippen LogP contribution in [0, 0.1) is 6.92 Å². The molecule has 0 aromatic heterocycles. The molecule has 2 aromatic rings. The van der Waals surface area contributed by atoms with E-state index in [0.717, 1.165) is 28.8 Å². The zero-order valence-corrected chi connectivity index (χ0v) is 13.6. The molecule has 0 saturated heterocycles. The van der Waals surface area contributed by atoms with Gasteiger partial charge in [0.2, 0.25) is 0 Å². The molecule has 1 atom stereocenters. The first-order chi connectivity index (χ1) is 9.77. The Kier molecular flexibility index (Phi) is 4.99. The maximum atomic E-state index is 12.5. The lowest BCUT2D eigenvalue weighted by Crippen LogP contribution is -2.05. The molecule has 0 bridgehead atoms. The van der Waals surface area contributed by atoms with E-state index in [4.69, 9.17) is 11.6 Å². The van der Waals surface area contributed by atoms with Crippen LogP contribution >= 0.6 is 27.5 Å². The summed E-state index contributed by atoms with van der Waals surface area (Å²) in [6, 6.07) is 11.0. The van der Waals surface area contributed by atoms with Gasteiger partial charge in [-0.1, -0.05) is 51.8 Å². The van der Waals surface area contributed by atoms with Crippen LogP contribution in [0.2, 0.25) is 5.02 Å². The zero-order chi connectivity index (χ0) is 15.6. The Balaban J connectivity index is 2.12. The first kappa shape index (κ1) is 16.4. The Labute approximate surface area is 135 Å². The van der Waals surface area contributed by atoms with Crippen molar-refractivity contribution in [3.05, 3.63) is 69.7 Å². The van der Waals surface area contributed by atoms with Crippen molar-refractivity contribution in [2.45, 2.75) is 24.3 Å². The van der Waals surface area contributed by atoms with Gasteiger partial charge >= 0.3 is 6.18 Å². The van der Waals surface area contributed by atoms with E-state index in [9.17, 15) is 13.2 Å². The van der Waals surface area contributed by atoms with E-state index >= 15 is 0 Å². The van der Waals surface area contributed by atoms with Gasteiger partial charge in [0.1, 0.15) is 0 Å². The van der Waals surface area contributed by atoms with Gasteiger partial charge in [0, 0.05) is 9.85 Å². The highest BCUT2D eigenvalue weighted by molar-refractivity contribution is 9.09. The quantitative estimate of drug-likeness (QED) is 0.547. The smallest absolute Gasteiger partial charge is 0.166 e. The second-order valence-electron chi connectivity index (χ2n) is 4.87. The van der Waals surface area contributed by atoms with E-state index in [-0.39, 0.29) is 4.83 Å². The maximum absolute atomic E-state index is 12.5. The standard InChI is InChI=1S/C16H13BrClF3/c1-10-2-5-12(9-15(10)18)14(17)8-11-3-6-13(7-4-11)16(19,20)21/h2-7,9,14H,8H2,1H3. The van der Waals surface area contributed by atoms with Crippen molar-refractivity contribution >= 4 is 27.5 Å². The van der Waals surface area contributed by atoms with Crippen LogP contribution in [0.4, 0.5) is 13.2 Å². The van der Waals surface area contributed by atoms with E-state index in [0.29, 0.717) is 11.4 Å². The molecule has 0 aliphatic heterocycles. The number of aryl methyl sites for hydroxylation is 1. The van der Waals surface area contributed by atoms with Crippen LogP contribution in [0.5, 0.6) is 0 Å². The van der Waals surface area contributed by atoms with E-state index in [1.54, 1.807) is 0 Å². The third kappa shape index (κ3) is 4.24. The van der Waals surface area contributed by atoms with Crippen LogP contribution < -0.4 is 0 Å². The van der Waals surface area contributed by atoms with Gasteiger partial charge in [-0.2, -0.15) is 13.2 Å². The number of benzene rings is 2. The first-order valence-electron chi connectivity index (χ1n) is 6.33. The molecule has 21 heavy (non-hydrogen) atoms. The average molecular weight is 378 g/mol. The lowest BCUT2D eigenvalue weighted by molar-refractivity contribution is -0.137. The molecule has 0 nitrogen and oxygen atoms in total. The normalized spacial score (nSPS) is 13.2. The van der Waals surface area contributed by atoms with E-state index in [1.807, 2.05) is 25.1 Å². The van der Waals surface area contributed by atoms with Gasteiger partial charge in [-0.05, 0) is 48.2 Å². The molecule has 5 heteroatoms. The molecule has 2 rings (SSSR count). The van der Waals surface area contributed by atoms with E-state index in [1.165, 1.54) is 12.1 Å². The molecule has 0 spiro atoms. The predicted octanol–water partition coefficient (Wildman–Crippen LogP) is 6.35. The Bertz CT molecular complexity index is 620. The maximum Gasteiger partial charge on any atom is 0.416 e. The SMILES string of the molecule is Cc1ccc(C(Br)Cc2ccc(C(F)(F)F)cc2)cc1Cl. The molecule has 0 aliphatic carbocycles. The van der Waals surface area contributed by atoms with Crippen molar-refractivity contribution in [2.24, 2.45) is 0 Å². The van der Waals surface area contributed by atoms with Crippen molar-refractivity contribution < 1.29 is 13.2 Å². The van der Waals surface area contributed by atoms with Crippen LogP contribution in [0.25, 0.3) is 0 Å². The third-order valence-electron chi connectivity index (χ3n) is 3.25. The van der Waals surface area contributed by atoms with Crippen LogP contribution in [0.3, 0.4) is 0 Å². The van der Waals surface area contributed by atoms with Crippen LogP contribution in [-0.2, 0) is 12.6 Å². The highest BCUT2D eigenvalue weighted by atomic mass is 79.9. The summed E-state index contributed by atoms with van der Waals surface area (Å²) in [5.74, 6) is 0. The molecular weight excluding hydrogens is 365 g/mol. The molecule has 0 N–H and O–H groups in total. The molecule has 0 amide bonds. The fourth-order valence-corrected chi connectivity index (χ4v) is 2.81. The van der Waals surface area contributed by atoms with Crippen molar-refractivity contribution in [3.63, 3.8) is 0 Å². The van der Waals surface area contributed by atoms with Crippen LogP contribution in [0.15, 0.2) is 42.5 Å². The predicted molar refractivity (Wildman–Crippen MR) is 83.0 cm³/mol. The molecule has 112 valence electrons. The fraction of sp³-hybridized carbons (Fsp3) is 0.250. The van der Waals surface area contributed by atoms with Gasteiger partial charge in [-0.25, -0.2) is 0 Å². The molecule has 0 heterocycles. The van der Waals surface area contributed by atoms with Crippen LogP contribution in [0.1, 0.15) is 27.1 Å². The monoisotopic (exact) mass is 376 g/mol. The summed E-state index contributed by atoms with van der Waals surface area (Å²) in [6.45, 7) is 1.92. The highest BCUT2D eigenvalue weighted by Crippen LogP contribution is 2.32. The van der Waals surface area contributed by atoms with E-state index < -0.39 is 11.7 Å². The Morgan fingerprint density at radius 3 is 2.24 bits per heavy atom. The molecule has 2 aromatic carbocycles. The molecule has 1 unspecified atom stereocenters. The van der Waals surface area contributed by atoms with Gasteiger partial charge in [0.25, 0.3) is 0 Å². The van der Waals surface area contributed by atoms with Crippen molar-refractivity contribution in [2.75, 3.05) is 0 Å². The largest absolute Gasteiger partial charge is 0.416 e. The molecule has 0 fully saturated rings. The van der Waals surface area contributed by atoms with Gasteiger partial charge in [0.05, 0.1) is 5.56 Å². The topological polar surface area (TPSA) is 0 Å². The van der Waals surface area contributed by atoms with Crippen molar-refractivity contribution in [1.29, 1.82) is 0 Å². The van der Waals surface area contributed by atoms with E-state index in [2.05, 4.69) is 15.9 Å². The highest BCUT2D eigenvalue weighted by Gasteiger charge is 2.29. The molecule has 0 saturated carbocycles. The Hall–Kier alpha value is -1.00. The summed E-state index contributed by atoms with van der Waals surface area (Å²) >= 11 is 9.64. The van der Waals surface area contributed by atoms with Gasteiger partial charge in [0.15, 0.2) is 0 Å². The van der Waals surface area contributed by atoms with Crippen molar-refractivity contribution in [3.8, 4) is 0 Å². The Morgan fingerprint density at radius 2 is 1.71 bits per heavy atom.